The van der Waals surface area contributed by atoms with Crippen molar-refractivity contribution in [3.05, 3.63) is 0 Å². The summed E-state index contributed by atoms with van der Waals surface area (Å²) in [5, 5.41) is 7.82. The summed E-state index contributed by atoms with van der Waals surface area (Å²) in [5.74, 6) is 1.07. The summed E-state index contributed by atoms with van der Waals surface area (Å²) in [6, 6.07) is 0.294. The minimum Gasteiger partial charge on any atom is -0.383 e. The van der Waals surface area contributed by atoms with E-state index in [1.54, 1.807) is 4.68 Å². The van der Waals surface area contributed by atoms with Crippen molar-refractivity contribution in [1.82, 2.24) is 15.1 Å². The first kappa shape index (κ1) is 16.1. The van der Waals surface area contributed by atoms with Crippen LogP contribution in [0.3, 0.4) is 0 Å². The van der Waals surface area contributed by atoms with E-state index in [-0.39, 0.29) is 10.7 Å². The smallest absolute Gasteiger partial charge is 0.182 e. The largest absolute Gasteiger partial charge is 0.383 e. The van der Waals surface area contributed by atoms with Crippen molar-refractivity contribution < 1.29 is 8.42 Å². The summed E-state index contributed by atoms with van der Waals surface area (Å²) >= 11 is 0. The molecule has 1 aromatic rings. The Bertz CT molecular complexity index is 608. The molecule has 1 atom stereocenters. The van der Waals surface area contributed by atoms with Gasteiger partial charge >= 0.3 is 0 Å². The van der Waals surface area contributed by atoms with Crippen molar-refractivity contribution in [3.63, 3.8) is 0 Å². The molecule has 1 aliphatic rings. The minimum absolute atomic E-state index is 0.164. The molecular formula is C13H25N5O2S. The fourth-order valence-electron chi connectivity index (χ4n) is 2.62. The summed E-state index contributed by atoms with van der Waals surface area (Å²) in [7, 11) is -3.42. The fraction of sp³-hybridized carbons (Fsp3) is 0.769. The highest BCUT2D eigenvalue weighted by atomic mass is 32.2. The van der Waals surface area contributed by atoms with Crippen LogP contribution in [0.5, 0.6) is 0 Å². The van der Waals surface area contributed by atoms with E-state index in [0.29, 0.717) is 24.3 Å². The molecule has 0 spiro atoms. The van der Waals surface area contributed by atoms with Crippen molar-refractivity contribution >= 4 is 21.5 Å². The minimum atomic E-state index is -3.42. The number of nitrogen functional groups attached to an aromatic ring is 1. The number of sulfone groups is 1. The number of piperazine rings is 1. The van der Waals surface area contributed by atoms with Crippen molar-refractivity contribution in [2.45, 2.75) is 38.3 Å². The maximum absolute atomic E-state index is 12.1. The van der Waals surface area contributed by atoms with Gasteiger partial charge in [-0.1, -0.05) is 13.8 Å². The fourth-order valence-corrected chi connectivity index (χ4v) is 3.60. The van der Waals surface area contributed by atoms with Gasteiger partial charge in [-0.25, -0.2) is 13.1 Å². The van der Waals surface area contributed by atoms with E-state index in [2.05, 4.69) is 17.3 Å². The van der Waals surface area contributed by atoms with Crippen molar-refractivity contribution in [1.29, 1.82) is 0 Å². The molecule has 120 valence electrons. The third-order valence-electron chi connectivity index (χ3n) is 3.51. The Morgan fingerprint density at radius 2 is 2.14 bits per heavy atom. The van der Waals surface area contributed by atoms with Crippen LogP contribution in [0.25, 0.3) is 0 Å². The molecule has 2 rings (SSSR count). The van der Waals surface area contributed by atoms with Crippen LogP contribution in [0.4, 0.5) is 11.6 Å². The van der Waals surface area contributed by atoms with Crippen molar-refractivity contribution in [2.24, 2.45) is 5.92 Å². The van der Waals surface area contributed by atoms with E-state index in [1.807, 2.05) is 18.7 Å². The van der Waals surface area contributed by atoms with Crippen molar-refractivity contribution in [3.8, 4) is 0 Å². The van der Waals surface area contributed by atoms with Gasteiger partial charge in [-0.2, -0.15) is 5.10 Å². The van der Waals surface area contributed by atoms with E-state index in [9.17, 15) is 8.42 Å². The molecular weight excluding hydrogens is 290 g/mol. The number of anilines is 2. The van der Waals surface area contributed by atoms with Gasteiger partial charge in [0.2, 0.25) is 0 Å². The molecule has 0 bridgehead atoms. The highest BCUT2D eigenvalue weighted by Gasteiger charge is 2.29. The van der Waals surface area contributed by atoms with Crippen molar-refractivity contribution in [2.75, 3.05) is 36.5 Å². The van der Waals surface area contributed by atoms with Gasteiger partial charge in [0.25, 0.3) is 0 Å². The molecule has 2 heterocycles. The average molecular weight is 315 g/mol. The first-order valence-electron chi connectivity index (χ1n) is 7.24. The predicted molar refractivity (Wildman–Crippen MR) is 84.3 cm³/mol. The molecule has 0 unspecified atom stereocenters. The van der Waals surface area contributed by atoms with Gasteiger partial charge in [0.1, 0.15) is 5.82 Å². The van der Waals surface area contributed by atoms with E-state index in [1.165, 1.54) is 6.26 Å². The van der Waals surface area contributed by atoms with Gasteiger partial charge in [-0.05, 0) is 12.8 Å². The molecule has 0 saturated carbocycles. The Balaban J connectivity index is 2.48. The Morgan fingerprint density at radius 1 is 1.48 bits per heavy atom. The predicted octanol–water partition coefficient (Wildman–Crippen LogP) is 0.323. The van der Waals surface area contributed by atoms with E-state index in [4.69, 9.17) is 5.73 Å². The van der Waals surface area contributed by atoms with Gasteiger partial charge < -0.3 is 16.0 Å². The number of aromatic nitrogens is 2. The molecule has 0 radical (unpaired) electrons. The molecule has 21 heavy (non-hydrogen) atoms. The lowest BCUT2D eigenvalue weighted by molar-refractivity contribution is 0.468. The number of nitrogens with one attached hydrogen (secondary N) is 1. The topological polar surface area (TPSA) is 93.2 Å². The summed E-state index contributed by atoms with van der Waals surface area (Å²) < 4.78 is 25.9. The molecule has 3 N–H and O–H groups in total. The quantitative estimate of drug-likeness (QED) is 0.831. The highest BCUT2D eigenvalue weighted by molar-refractivity contribution is 7.91. The van der Waals surface area contributed by atoms with Gasteiger partial charge in [0.05, 0.1) is 0 Å². The summed E-state index contributed by atoms with van der Waals surface area (Å²) in [4.78, 5) is 2.17. The van der Waals surface area contributed by atoms with Crippen LogP contribution in [0.1, 0.15) is 20.8 Å². The maximum atomic E-state index is 12.1. The standard InChI is InChI=1S/C13H25N5O2S/c1-9(2)7-18-12(14)11(21(4,19)20)13(16-18)17-6-5-15-10(3)8-17/h9-10,15H,5-8,14H2,1-4H3/t10-/m0/s1. The third kappa shape index (κ3) is 3.49. The van der Waals surface area contributed by atoms with Crippen LogP contribution in [0, 0.1) is 5.92 Å². The second-order valence-corrected chi connectivity index (χ2v) is 8.14. The van der Waals surface area contributed by atoms with E-state index >= 15 is 0 Å². The second kappa shape index (κ2) is 5.84. The van der Waals surface area contributed by atoms with Crippen LogP contribution in [0.2, 0.25) is 0 Å². The summed E-state index contributed by atoms with van der Waals surface area (Å²) in [6.45, 7) is 9.03. The Labute approximate surface area is 126 Å². The molecule has 8 heteroatoms. The van der Waals surface area contributed by atoms with E-state index < -0.39 is 9.84 Å². The van der Waals surface area contributed by atoms with Gasteiger partial charge in [0.15, 0.2) is 20.6 Å². The van der Waals surface area contributed by atoms with Crippen LogP contribution in [-0.4, -0.2) is 50.1 Å². The zero-order valence-electron chi connectivity index (χ0n) is 13.1. The molecule has 1 aromatic heterocycles. The molecule has 1 saturated heterocycles. The molecule has 7 nitrogen and oxygen atoms in total. The summed E-state index contributed by atoms with van der Waals surface area (Å²) in [6.07, 6.45) is 1.19. The first-order chi connectivity index (χ1) is 9.70. The van der Waals surface area contributed by atoms with Crippen LogP contribution >= 0.6 is 0 Å². The number of nitrogens with two attached hydrogens (primary N) is 1. The Morgan fingerprint density at radius 3 is 2.67 bits per heavy atom. The molecule has 0 aliphatic carbocycles. The van der Waals surface area contributed by atoms with Crippen LogP contribution in [0.15, 0.2) is 4.90 Å². The molecule has 1 fully saturated rings. The van der Waals surface area contributed by atoms with Gasteiger partial charge in [-0.15, -0.1) is 0 Å². The molecule has 0 amide bonds. The lowest BCUT2D eigenvalue weighted by Gasteiger charge is -2.32. The maximum Gasteiger partial charge on any atom is 0.182 e. The van der Waals surface area contributed by atoms with Crippen LogP contribution in [-0.2, 0) is 16.4 Å². The lowest BCUT2D eigenvalue weighted by Crippen LogP contribution is -2.49. The van der Waals surface area contributed by atoms with Gasteiger partial charge in [0, 0.05) is 38.5 Å². The lowest BCUT2D eigenvalue weighted by atomic mass is 10.2. The second-order valence-electron chi connectivity index (χ2n) is 6.19. The SMILES string of the molecule is CC(C)Cn1nc(N2CCN[C@@H](C)C2)c(S(C)(=O)=O)c1N. The number of rotatable bonds is 4. The average Bonchev–Trinajstić information content (AvgIpc) is 2.66. The number of hydrogen-bond acceptors (Lipinski definition) is 6. The monoisotopic (exact) mass is 315 g/mol. The molecule has 1 aliphatic heterocycles. The normalized spacial score (nSPS) is 20.2. The Kier molecular flexibility index (Phi) is 4.48. The Hall–Kier alpha value is -1.28. The molecule has 0 aromatic carbocycles. The zero-order valence-corrected chi connectivity index (χ0v) is 13.9. The van der Waals surface area contributed by atoms with Crippen LogP contribution < -0.4 is 16.0 Å². The zero-order chi connectivity index (χ0) is 15.8. The third-order valence-corrected chi connectivity index (χ3v) is 4.64. The number of nitrogens with zero attached hydrogens (tertiary/aromatic N) is 3. The van der Waals surface area contributed by atoms with Gasteiger partial charge in [-0.3, -0.25) is 0 Å². The summed E-state index contributed by atoms with van der Waals surface area (Å²) in [5.41, 5.74) is 6.06. The number of hydrogen-bond donors (Lipinski definition) is 2. The first-order valence-corrected chi connectivity index (χ1v) is 9.14. The van der Waals surface area contributed by atoms with E-state index in [0.717, 1.165) is 19.6 Å². The highest BCUT2D eigenvalue weighted by Crippen LogP contribution is 2.31.